The van der Waals surface area contributed by atoms with Crippen molar-refractivity contribution in [2.24, 2.45) is 0 Å². The molecule has 1 amide bonds. The van der Waals surface area contributed by atoms with Crippen LogP contribution < -0.4 is 21.9 Å². The van der Waals surface area contributed by atoms with E-state index in [2.05, 4.69) is 65.0 Å². The van der Waals surface area contributed by atoms with Crippen molar-refractivity contribution < 1.29 is 55.4 Å². The fourth-order valence-electron chi connectivity index (χ4n) is 6.40. The van der Waals surface area contributed by atoms with Crippen LogP contribution in [0.4, 0.5) is 21.0 Å². The Morgan fingerprint density at radius 1 is 1.08 bits per heavy atom. The summed E-state index contributed by atoms with van der Waals surface area (Å²) in [5.74, 6) is -0.213. The summed E-state index contributed by atoms with van der Waals surface area (Å²) in [6.45, 7) is -9.87. The smallest absolute Gasteiger partial charge is 0.412 e. The Morgan fingerprint density at radius 2 is 1.83 bits per heavy atom. The van der Waals surface area contributed by atoms with Crippen molar-refractivity contribution in [2.45, 2.75) is 48.6 Å². The average molecular weight is 822 g/mol. The molecule has 4 fully saturated rings. The molecule has 1 unspecified atom stereocenters. The molecule has 0 saturated carbocycles. The van der Waals surface area contributed by atoms with Gasteiger partial charge in [0.15, 0.2) is 46.8 Å². The summed E-state index contributed by atoms with van der Waals surface area (Å²) in [6.07, 6.45) is -7.23. The zero-order chi connectivity index (χ0) is 37.3. The maximum Gasteiger partial charge on any atom is 0.412 e. The van der Waals surface area contributed by atoms with Gasteiger partial charge in [-0.15, -0.1) is 0 Å². The molecule has 4 aromatic rings. The van der Waals surface area contributed by atoms with Gasteiger partial charge in [-0.05, 0) is 7.05 Å². The molecule has 4 aromatic heterocycles. The van der Waals surface area contributed by atoms with Crippen LogP contribution in [0.5, 0.6) is 0 Å². The van der Waals surface area contributed by atoms with Gasteiger partial charge in [0.1, 0.15) is 43.0 Å². The molecule has 4 aliphatic heterocycles. The lowest BCUT2D eigenvalue weighted by molar-refractivity contribution is -0.182. The SMILES string of the molecule is CNCCOC(=O)Nc1ncnc2c1ncn2[C@@H]1O[C@@]23CO[C@@H]1[C@@H]2O[P@@](=O)(S)OCC1O[C@@H](n2cnc4c(=O)[nH]c(N)nc42)[C@H](O[P@@](=O)(S)OC3)[C@@H]1F. The summed E-state index contributed by atoms with van der Waals surface area (Å²) in [7, 11) is 1.71. The normalized spacial score (nSPS) is 35.8. The zero-order valence-corrected chi connectivity index (χ0v) is 30.7. The Bertz CT molecular complexity index is 2230. The molecule has 0 spiro atoms. The minimum absolute atomic E-state index is 0.0464. The van der Waals surface area contributed by atoms with Crippen LogP contribution in [-0.2, 0) is 46.2 Å². The summed E-state index contributed by atoms with van der Waals surface area (Å²) in [5.41, 5.74) is 3.54. The van der Waals surface area contributed by atoms with E-state index in [9.17, 15) is 18.7 Å². The van der Waals surface area contributed by atoms with Crippen LogP contribution in [0.2, 0.25) is 0 Å². The molecule has 0 aromatic carbocycles. The monoisotopic (exact) mass is 821 g/mol. The minimum atomic E-state index is -4.51. The van der Waals surface area contributed by atoms with Gasteiger partial charge in [-0.3, -0.25) is 42.3 Å². The highest BCUT2D eigenvalue weighted by atomic mass is 32.7. The van der Waals surface area contributed by atoms with Crippen molar-refractivity contribution in [2.75, 3.05) is 51.1 Å². The number of carbonyl (C=O) groups excluding carboxylic acids is 1. The van der Waals surface area contributed by atoms with E-state index in [0.717, 1.165) is 10.9 Å². The van der Waals surface area contributed by atoms with E-state index in [4.69, 9.17) is 42.8 Å². The number of nitrogens with two attached hydrogens (primary N) is 1. The lowest BCUT2D eigenvalue weighted by Crippen LogP contribution is -2.45. The molecule has 4 bridgehead atoms. The van der Waals surface area contributed by atoms with Crippen LogP contribution in [0, 0.1) is 0 Å². The number of halogens is 1. The Labute approximate surface area is 306 Å². The second-order valence-electron chi connectivity index (χ2n) is 12.1. The van der Waals surface area contributed by atoms with Crippen LogP contribution >= 0.6 is 38.1 Å². The molecule has 0 radical (unpaired) electrons. The number of carbonyl (C=O) groups is 1. The van der Waals surface area contributed by atoms with Gasteiger partial charge in [0, 0.05) is 6.54 Å². The number of H-pyrrole nitrogens is 1. The molecule has 28 heteroatoms. The number of hydrogen-bond acceptors (Lipinski definition) is 19. The van der Waals surface area contributed by atoms with E-state index in [1.54, 1.807) is 7.05 Å². The first kappa shape index (κ1) is 36.7. The number of nitrogens with zero attached hydrogens (tertiary/aromatic N) is 7. The van der Waals surface area contributed by atoms with Gasteiger partial charge in [0.25, 0.3) is 5.56 Å². The van der Waals surface area contributed by atoms with Crippen LogP contribution in [0.25, 0.3) is 22.3 Å². The van der Waals surface area contributed by atoms with Gasteiger partial charge >= 0.3 is 19.7 Å². The third-order valence-corrected chi connectivity index (χ3v) is 12.0. The first-order valence-electron chi connectivity index (χ1n) is 15.7. The summed E-state index contributed by atoms with van der Waals surface area (Å²) in [5, 5.41) is 5.38. The van der Waals surface area contributed by atoms with Crippen LogP contribution in [0.15, 0.2) is 23.8 Å². The summed E-state index contributed by atoms with van der Waals surface area (Å²) in [6, 6.07) is 0. The average Bonchev–Trinajstić information content (AvgIpc) is 3.91. The lowest BCUT2D eigenvalue weighted by atomic mass is 10.0. The second-order valence-corrected chi connectivity index (χ2v) is 17.9. The van der Waals surface area contributed by atoms with Gasteiger partial charge in [-0.25, -0.2) is 38.3 Å². The summed E-state index contributed by atoms with van der Waals surface area (Å²) in [4.78, 5) is 47.8. The number of aromatic nitrogens is 8. The Kier molecular flexibility index (Phi) is 9.55. The van der Waals surface area contributed by atoms with E-state index < -0.39 is 87.1 Å². The topological polar surface area (TPSA) is 282 Å². The van der Waals surface area contributed by atoms with Crippen molar-refractivity contribution in [1.29, 1.82) is 0 Å². The van der Waals surface area contributed by atoms with Gasteiger partial charge < -0.3 is 30.0 Å². The third kappa shape index (κ3) is 6.73. The number of imidazole rings is 2. The molecule has 53 heavy (non-hydrogen) atoms. The molecule has 10 atom stereocenters. The van der Waals surface area contributed by atoms with E-state index in [0.29, 0.717) is 6.54 Å². The highest BCUT2D eigenvalue weighted by Gasteiger charge is 2.66. The van der Waals surface area contributed by atoms with Crippen molar-refractivity contribution in [3.8, 4) is 0 Å². The van der Waals surface area contributed by atoms with Crippen molar-refractivity contribution >= 4 is 78.3 Å². The number of alkyl halides is 1. The van der Waals surface area contributed by atoms with Gasteiger partial charge in [0.2, 0.25) is 5.95 Å². The molecule has 0 aliphatic carbocycles. The van der Waals surface area contributed by atoms with Gasteiger partial charge in [0.05, 0.1) is 32.5 Å². The molecule has 8 heterocycles. The number of nitrogen functional groups attached to an aromatic ring is 1. The predicted octanol–water partition coefficient (Wildman–Crippen LogP) is 1.10. The Hall–Kier alpha value is -3.26. The van der Waals surface area contributed by atoms with Crippen molar-refractivity contribution in [3.05, 3.63) is 29.3 Å². The maximum atomic E-state index is 16.1. The van der Waals surface area contributed by atoms with Crippen molar-refractivity contribution in [3.63, 3.8) is 0 Å². The van der Waals surface area contributed by atoms with Gasteiger partial charge in [-0.1, -0.05) is 24.5 Å². The standard InChI is InChI=1S/C25H30FN11O12P2S2/c1-28-2-3-42-24(39)33-17-12-18(30-7-29-17)36(8-31-12)22-15-16-25(47-22,5-43-15)6-45-51(41,53)48-14-11(26)10(4-44-50(40,52)49-16)46-21(14)37-9-32-13-19(37)34-23(27)35-20(13)38/h7-11,14-16,21-22,28H,2-6H2,1H3,(H,40,52)(H,41,53)(H3,27,34,35,38)(H,29,30,33,39)/t10?,11-,14-,15-,16+,21-,22-,25-,50+,51+/m1/s1. The fraction of sp³-hybridized carbons (Fsp3) is 0.560. The van der Waals surface area contributed by atoms with E-state index in [1.165, 1.54) is 17.2 Å². The molecule has 8 rings (SSSR count). The number of rotatable bonds is 6. The number of nitrogens with one attached hydrogen (secondary N) is 3. The fourth-order valence-corrected chi connectivity index (χ4v) is 9.37. The summed E-state index contributed by atoms with van der Waals surface area (Å²) >= 11 is 8.28. The minimum Gasteiger partial charge on any atom is -0.448 e. The number of hydrogen-bond donors (Lipinski definition) is 6. The molecule has 286 valence electrons. The van der Waals surface area contributed by atoms with Crippen LogP contribution in [-0.4, -0.2) is 121 Å². The molecule has 23 nitrogen and oxygen atoms in total. The van der Waals surface area contributed by atoms with Crippen LogP contribution in [0.3, 0.4) is 0 Å². The number of likely N-dealkylation sites (N-methyl/N-ethyl adjacent to an activating group) is 1. The maximum absolute atomic E-state index is 16.1. The number of anilines is 2. The molecule has 5 N–H and O–H groups in total. The molecular formula is C25H30FN11O12P2S2. The number of thiol groups is 2. The lowest BCUT2D eigenvalue weighted by Gasteiger charge is -2.32. The first-order valence-corrected chi connectivity index (χ1v) is 21.1. The second kappa shape index (κ2) is 13.8. The molecule has 4 saturated heterocycles. The van der Waals surface area contributed by atoms with Gasteiger partial charge in [-0.2, -0.15) is 4.98 Å². The quantitative estimate of drug-likeness (QED) is 0.0902. The highest BCUT2D eigenvalue weighted by Crippen LogP contribution is 2.63. The van der Waals surface area contributed by atoms with Crippen LogP contribution in [0.1, 0.15) is 12.5 Å². The number of ether oxygens (including phenoxy) is 4. The highest BCUT2D eigenvalue weighted by molar-refractivity contribution is 8.44. The number of amides is 1. The predicted molar refractivity (Wildman–Crippen MR) is 183 cm³/mol. The Balaban J connectivity index is 1.08. The third-order valence-electron chi connectivity index (χ3n) is 8.78. The molecule has 4 aliphatic rings. The molecular weight excluding hydrogens is 791 g/mol. The zero-order valence-electron chi connectivity index (χ0n) is 27.1. The van der Waals surface area contributed by atoms with E-state index in [1.807, 2.05) is 0 Å². The van der Waals surface area contributed by atoms with E-state index >= 15 is 4.39 Å². The largest absolute Gasteiger partial charge is 0.448 e. The number of aromatic amines is 1. The Morgan fingerprint density at radius 3 is 2.62 bits per heavy atom. The summed E-state index contributed by atoms with van der Waals surface area (Å²) < 4.78 is 92.5. The van der Waals surface area contributed by atoms with Crippen molar-refractivity contribution in [1.82, 2.24) is 44.4 Å². The van der Waals surface area contributed by atoms with E-state index in [-0.39, 0.29) is 47.3 Å². The first-order chi connectivity index (χ1) is 25.3. The number of fused-ring (bicyclic) bond motifs is 4.